The minimum Gasteiger partial charge on any atom is -0.534 e. The molecule has 1 atom stereocenters. The van der Waals surface area contributed by atoms with Crippen LogP contribution in [0.4, 0.5) is 4.79 Å². The van der Waals surface area contributed by atoms with Gasteiger partial charge >= 0.3 is 19.1 Å². The highest BCUT2D eigenvalue weighted by Gasteiger charge is 2.39. The molecule has 138 valence electrons. The molecule has 1 aromatic rings. The van der Waals surface area contributed by atoms with E-state index in [4.69, 9.17) is 9.39 Å². The molecule has 2 aliphatic heterocycles. The first-order valence-electron chi connectivity index (χ1n) is 7.90. The molecule has 0 radical (unpaired) electrons. The lowest BCUT2D eigenvalue weighted by molar-refractivity contribution is -0.124. The van der Waals surface area contributed by atoms with Crippen molar-refractivity contribution in [3.8, 4) is 11.5 Å². The van der Waals surface area contributed by atoms with Gasteiger partial charge in [0, 0.05) is 13.1 Å². The van der Waals surface area contributed by atoms with Crippen LogP contribution in [-0.4, -0.2) is 71.2 Å². The van der Waals surface area contributed by atoms with Gasteiger partial charge in [-0.1, -0.05) is 6.07 Å². The number of rotatable bonds is 5. The molecule has 0 unspecified atom stereocenters. The zero-order valence-corrected chi connectivity index (χ0v) is 14.7. The number of carbonyl (C=O) groups excluding carboxylic acids is 2. The molecule has 0 aromatic heterocycles. The van der Waals surface area contributed by atoms with Crippen LogP contribution in [0.15, 0.2) is 12.1 Å². The number of hydrogen-bond donors (Lipinski definition) is 3. The van der Waals surface area contributed by atoms with E-state index in [-0.39, 0.29) is 28.7 Å². The highest BCUT2D eigenvalue weighted by Crippen LogP contribution is 2.38. The Morgan fingerprint density at radius 1 is 1.50 bits per heavy atom. The summed E-state index contributed by atoms with van der Waals surface area (Å²) < 4.78 is 10.5. The summed E-state index contributed by atoms with van der Waals surface area (Å²) in [6.45, 7) is 0.754. The third-order valence-corrected chi connectivity index (χ3v) is 5.43. The molecule has 0 aliphatic carbocycles. The molecule has 3 rings (SSSR count). The number of amides is 3. The molecular weight excluding hydrogens is 363 g/mol. The van der Waals surface area contributed by atoms with Gasteiger partial charge in [0.1, 0.15) is 17.1 Å². The van der Waals surface area contributed by atoms with Gasteiger partial charge in [-0.15, -0.1) is 11.8 Å². The fraction of sp³-hybridized carbons (Fsp3) is 0.400. The van der Waals surface area contributed by atoms with Crippen LogP contribution < -0.4 is 14.7 Å². The number of benzene rings is 1. The topological polar surface area (TPSA) is 125 Å². The van der Waals surface area contributed by atoms with E-state index in [0.29, 0.717) is 25.1 Å². The van der Waals surface area contributed by atoms with Gasteiger partial charge in [0.15, 0.2) is 0 Å². The molecule has 11 heteroatoms. The molecule has 3 amide bonds. The van der Waals surface area contributed by atoms with Gasteiger partial charge in [0.2, 0.25) is 5.91 Å². The van der Waals surface area contributed by atoms with Crippen LogP contribution in [0.1, 0.15) is 15.9 Å². The molecule has 0 bridgehead atoms. The van der Waals surface area contributed by atoms with Crippen LogP contribution >= 0.6 is 11.8 Å². The van der Waals surface area contributed by atoms with Crippen molar-refractivity contribution >= 4 is 36.8 Å². The Hall–Kier alpha value is -2.40. The van der Waals surface area contributed by atoms with Gasteiger partial charge in [-0.05, 0) is 18.1 Å². The lowest BCUT2D eigenvalue weighted by Gasteiger charge is -2.28. The average molecular weight is 380 g/mol. The smallest absolute Gasteiger partial charge is 0.534 e. The molecule has 0 saturated carbocycles. The Balaban J connectivity index is 1.72. The summed E-state index contributed by atoms with van der Waals surface area (Å²) in [6.07, 6.45) is 0.324. The number of thioether (sulfide) groups is 1. The first-order chi connectivity index (χ1) is 12.4. The van der Waals surface area contributed by atoms with Gasteiger partial charge < -0.3 is 24.8 Å². The summed E-state index contributed by atoms with van der Waals surface area (Å²) in [5.74, 6) is -1.33. The highest BCUT2D eigenvalue weighted by atomic mass is 32.2. The Kier molecular flexibility index (Phi) is 5.28. The number of imide groups is 1. The van der Waals surface area contributed by atoms with E-state index in [0.717, 1.165) is 4.90 Å². The van der Waals surface area contributed by atoms with Gasteiger partial charge in [-0.25, -0.2) is 9.59 Å². The second-order valence-corrected chi connectivity index (χ2v) is 7.00. The first-order valence-corrected chi connectivity index (χ1v) is 8.95. The summed E-state index contributed by atoms with van der Waals surface area (Å²) in [7, 11) is 0.0737. The molecule has 1 fully saturated rings. The Morgan fingerprint density at radius 3 is 2.88 bits per heavy atom. The predicted octanol–water partition coefficient (Wildman–Crippen LogP) is 0.00160. The van der Waals surface area contributed by atoms with E-state index in [2.05, 4.69) is 5.32 Å². The van der Waals surface area contributed by atoms with Crippen LogP contribution in [0.25, 0.3) is 0 Å². The fourth-order valence-corrected chi connectivity index (χ4v) is 3.93. The zero-order chi connectivity index (χ0) is 18.8. The second-order valence-electron chi connectivity index (χ2n) is 5.78. The Bertz CT molecular complexity index is 760. The molecule has 3 N–H and O–H groups in total. The number of methoxy groups -OCH3 is 1. The van der Waals surface area contributed by atoms with Gasteiger partial charge in [-0.3, -0.25) is 9.69 Å². The molecule has 1 aromatic carbocycles. The number of carbonyl (C=O) groups is 3. The van der Waals surface area contributed by atoms with Gasteiger partial charge in [0.05, 0.1) is 18.0 Å². The monoisotopic (exact) mass is 380 g/mol. The summed E-state index contributed by atoms with van der Waals surface area (Å²) in [5.41, 5.74) is 0.467. The fourth-order valence-electron chi connectivity index (χ4n) is 2.90. The van der Waals surface area contributed by atoms with Crippen molar-refractivity contribution in [3.05, 3.63) is 23.3 Å². The number of carboxylic acid groups (broad SMARTS) is 1. The van der Waals surface area contributed by atoms with E-state index in [1.54, 1.807) is 6.07 Å². The van der Waals surface area contributed by atoms with Gasteiger partial charge in [0.25, 0.3) is 0 Å². The maximum atomic E-state index is 12.1. The minimum atomic E-state index is -1.28. The lowest BCUT2D eigenvalue weighted by atomic mass is 9.77. The number of carboxylic acids is 1. The minimum absolute atomic E-state index is 0.00970. The summed E-state index contributed by atoms with van der Waals surface area (Å²) in [5, 5.41) is 21.7. The van der Waals surface area contributed by atoms with Crippen molar-refractivity contribution in [1.29, 1.82) is 0 Å². The summed E-state index contributed by atoms with van der Waals surface area (Å²) in [6, 6.07) is 2.79. The van der Waals surface area contributed by atoms with Crippen molar-refractivity contribution in [1.82, 2.24) is 10.2 Å². The van der Waals surface area contributed by atoms with Crippen LogP contribution in [0.5, 0.6) is 11.5 Å². The molecular formula is C15H17BN2O7S. The van der Waals surface area contributed by atoms with Crippen LogP contribution in [-0.2, 0) is 11.2 Å². The molecule has 26 heavy (non-hydrogen) atoms. The van der Waals surface area contributed by atoms with Crippen LogP contribution in [0.2, 0.25) is 0 Å². The summed E-state index contributed by atoms with van der Waals surface area (Å²) in [4.78, 5) is 36.2. The summed E-state index contributed by atoms with van der Waals surface area (Å²) >= 11 is 1.17. The molecule has 0 spiro atoms. The normalized spacial score (nSPS) is 18.8. The highest BCUT2D eigenvalue weighted by molar-refractivity contribution is 8.01. The maximum Gasteiger partial charge on any atom is 0.536 e. The van der Waals surface area contributed by atoms with Crippen molar-refractivity contribution in [2.24, 2.45) is 0 Å². The number of nitrogens with zero attached hydrogens (tertiary/aromatic N) is 1. The largest absolute Gasteiger partial charge is 0.536 e. The number of urea groups is 1. The molecule has 9 nitrogen and oxygen atoms in total. The van der Waals surface area contributed by atoms with E-state index in [1.165, 1.54) is 24.9 Å². The van der Waals surface area contributed by atoms with Crippen molar-refractivity contribution in [3.63, 3.8) is 0 Å². The van der Waals surface area contributed by atoms with Crippen molar-refractivity contribution in [2.75, 3.05) is 26.0 Å². The number of fused-ring (bicyclic) bond motifs is 1. The average Bonchev–Trinajstić information content (AvgIpc) is 3.04. The number of nitrogens with one attached hydrogen (secondary N) is 1. The Morgan fingerprint density at radius 2 is 2.27 bits per heavy atom. The SMILES string of the molecule is COc1ccc2c(c1C(=O)O)OB(O)[C@@H](SCC(=O)N1CCNC1=O)C2. The lowest BCUT2D eigenvalue weighted by Crippen LogP contribution is -2.42. The number of aromatic carboxylic acids is 1. The second kappa shape index (κ2) is 7.46. The van der Waals surface area contributed by atoms with E-state index in [9.17, 15) is 24.5 Å². The first kappa shape index (κ1) is 18.4. The van der Waals surface area contributed by atoms with E-state index in [1.807, 2.05) is 0 Å². The zero-order valence-electron chi connectivity index (χ0n) is 13.9. The predicted molar refractivity (Wildman–Crippen MR) is 93.6 cm³/mol. The third-order valence-electron chi connectivity index (χ3n) is 4.19. The van der Waals surface area contributed by atoms with E-state index >= 15 is 0 Å². The van der Waals surface area contributed by atoms with Crippen LogP contribution in [0, 0.1) is 0 Å². The van der Waals surface area contributed by atoms with Crippen molar-refractivity contribution in [2.45, 2.75) is 11.6 Å². The molecule has 1 saturated heterocycles. The third kappa shape index (κ3) is 3.44. The van der Waals surface area contributed by atoms with Crippen LogP contribution in [0.3, 0.4) is 0 Å². The molecule has 2 aliphatic rings. The standard InChI is InChI=1S/C15H17BN2O7S/c1-24-9-3-2-8-6-10(16(23)25-13(8)12(9)14(20)21)26-7-11(19)18-5-4-17-15(18)22/h2-3,10,23H,4-7H2,1H3,(H,17,22)(H,20,21)/t10-/m0/s1. The maximum absolute atomic E-state index is 12.1. The Labute approximate surface area is 153 Å². The van der Waals surface area contributed by atoms with E-state index < -0.39 is 24.3 Å². The van der Waals surface area contributed by atoms with Gasteiger partial charge in [-0.2, -0.15) is 0 Å². The number of ether oxygens (including phenoxy) is 1. The van der Waals surface area contributed by atoms with Crippen molar-refractivity contribution < 1.29 is 33.9 Å². The quantitative estimate of drug-likeness (QED) is 0.610. The number of hydrogen-bond acceptors (Lipinski definition) is 7. The molecule has 2 heterocycles.